The first kappa shape index (κ1) is 17.8. The van der Waals surface area contributed by atoms with Crippen LogP contribution in [0.4, 0.5) is 28.9 Å². The van der Waals surface area contributed by atoms with Crippen molar-refractivity contribution in [3.05, 3.63) is 58.4 Å². The summed E-state index contributed by atoms with van der Waals surface area (Å²) in [6.45, 7) is 2.98. The Balaban J connectivity index is 2.53. The molecule has 128 valence electrons. The van der Waals surface area contributed by atoms with E-state index in [0.717, 1.165) is 11.6 Å². The normalized spacial score (nSPS) is 11.4. The van der Waals surface area contributed by atoms with E-state index in [1.807, 2.05) is 0 Å². The summed E-state index contributed by atoms with van der Waals surface area (Å²) in [6.07, 6.45) is -5.24. The van der Waals surface area contributed by atoms with Gasteiger partial charge in [-0.05, 0) is 37.1 Å². The highest BCUT2D eigenvalue weighted by atomic mass is 19.4. The lowest BCUT2D eigenvalue weighted by Gasteiger charge is -2.18. The van der Waals surface area contributed by atoms with Crippen LogP contribution in [0.3, 0.4) is 0 Å². The Hall–Kier alpha value is -2.57. The summed E-state index contributed by atoms with van der Waals surface area (Å²) in [7, 11) is 0. The van der Waals surface area contributed by atoms with Crippen LogP contribution in [0.1, 0.15) is 22.3 Å². The van der Waals surface area contributed by atoms with Crippen LogP contribution in [-0.4, -0.2) is 11.1 Å². The van der Waals surface area contributed by atoms with Gasteiger partial charge in [-0.2, -0.15) is 13.2 Å². The molecule has 0 atom stereocenters. The highest BCUT2D eigenvalue weighted by molar-refractivity contribution is 5.76. The van der Waals surface area contributed by atoms with Gasteiger partial charge < -0.3 is 10.4 Å². The monoisotopic (exact) mass is 341 g/mol. The number of nitrogens with one attached hydrogen (secondary N) is 1. The second-order valence-electron chi connectivity index (χ2n) is 5.47. The third-order valence-corrected chi connectivity index (χ3v) is 3.49. The summed E-state index contributed by atoms with van der Waals surface area (Å²) in [4.78, 5) is 10.9. The smallest absolute Gasteiger partial charge is 0.421 e. The fourth-order valence-electron chi connectivity index (χ4n) is 2.36. The summed E-state index contributed by atoms with van der Waals surface area (Å²) in [5, 5.41) is 11.5. The molecule has 0 amide bonds. The van der Waals surface area contributed by atoms with Crippen molar-refractivity contribution in [2.75, 3.05) is 5.32 Å². The molecule has 24 heavy (non-hydrogen) atoms. The first-order chi connectivity index (χ1) is 11.1. The van der Waals surface area contributed by atoms with Crippen LogP contribution in [0, 0.1) is 19.7 Å². The third-order valence-electron chi connectivity index (χ3n) is 3.49. The number of aliphatic carboxylic acids is 1. The van der Waals surface area contributed by atoms with Crippen molar-refractivity contribution in [3.8, 4) is 0 Å². The van der Waals surface area contributed by atoms with Crippen LogP contribution < -0.4 is 5.32 Å². The molecular formula is C17H15F4NO2. The Bertz CT molecular complexity index is 785. The molecule has 0 aliphatic heterocycles. The van der Waals surface area contributed by atoms with Gasteiger partial charge in [0.15, 0.2) is 0 Å². The molecule has 3 nitrogen and oxygen atoms in total. The topological polar surface area (TPSA) is 49.3 Å². The highest BCUT2D eigenvalue weighted by Crippen LogP contribution is 2.39. The van der Waals surface area contributed by atoms with Gasteiger partial charge in [-0.1, -0.05) is 23.8 Å². The zero-order valence-corrected chi connectivity index (χ0v) is 13.0. The maximum Gasteiger partial charge on any atom is 0.421 e. The molecule has 0 saturated carbocycles. The van der Waals surface area contributed by atoms with E-state index in [9.17, 15) is 22.4 Å². The maximum absolute atomic E-state index is 14.0. The van der Waals surface area contributed by atoms with Crippen molar-refractivity contribution in [3.63, 3.8) is 0 Å². The number of anilines is 2. The van der Waals surface area contributed by atoms with Crippen molar-refractivity contribution >= 4 is 17.3 Å². The number of hydrogen-bond donors (Lipinski definition) is 2. The van der Waals surface area contributed by atoms with E-state index in [1.165, 1.54) is 19.1 Å². The van der Waals surface area contributed by atoms with Crippen LogP contribution in [0.5, 0.6) is 0 Å². The minimum Gasteiger partial charge on any atom is -0.481 e. The van der Waals surface area contributed by atoms with Gasteiger partial charge in [0.25, 0.3) is 0 Å². The van der Waals surface area contributed by atoms with Gasteiger partial charge in [-0.15, -0.1) is 0 Å². The Kier molecular flexibility index (Phi) is 4.82. The SMILES string of the molecule is Cc1ccc(Nc2ccc(C)c(F)c2C(F)(F)F)c(CC(=O)O)c1. The summed E-state index contributed by atoms with van der Waals surface area (Å²) >= 11 is 0. The molecule has 2 rings (SSSR count). The first-order valence-electron chi connectivity index (χ1n) is 7.04. The summed E-state index contributed by atoms with van der Waals surface area (Å²) in [5.41, 5.74) is -0.704. The molecule has 0 radical (unpaired) electrons. The lowest BCUT2D eigenvalue weighted by Crippen LogP contribution is -2.13. The zero-order valence-electron chi connectivity index (χ0n) is 13.0. The van der Waals surface area contributed by atoms with Gasteiger partial charge >= 0.3 is 12.1 Å². The Morgan fingerprint density at radius 3 is 2.33 bits per heavy atom. The number of carbonyl (C=O) groups is 1. The quantitative estimate of drug-likeness (QED) is 0.783. The van der Waals surface area contributed by atoms with E-state index in [2.05, 4.69) is 5.32 Å². The van der Waals surface area contributed by atoms with Gasteiger partial charge in [0.05, 0.1) is 12.1 Å². The molecule has 0 aromatic heterocycles. The summed E-state index contributed by atoms with van der Waals surface area (Å²) in [6, 6.07) is 7.04. The average molecular weight is 341 g/mol. The molecule has 0 aliphatic carbocycles. The molecule has 2 aromatic carbocycles. The fourth-order valence-corrected chi connectivity index (χ4v) is 2.36. The van der Waals surface area contributed by atoms with Crippen LogP contribution in [0.2, 0.25) is 0 Å². The van der Waals surface area contributed by atoms with E-state index in [4.69, 9.17) is 5.11 Å². The predicted molar refractivity (Wildman–Crippen MR) is 81.9 cm³/mol. The first-order valence-corrected chi connectivity index (χ1v) is 7.04. The molecule has 2 N–H and O–H groups in total. The van der Waals surface area contributed by atoms with Gasteiger partial charge in [0, 0.05) is 5.69 Å². The van der Waals surface area contributed by atoms with Gasteiger partial charge in [-0.25, -0.2) is 4.39 Å². The lowest BCUT2D eigenvalue weighted by molar-refractivity contribution is -0.139. The maximum atomic E-state index is 14.0. The van der Waals surface area contributed by atoms with Crippen LogP contribution >= 0.6 is 0 Å². The summed E-state index contributed by atoms with van der Waals surface area (Å²) in [5.74, 6) is -2.46. The number of carboxylic acid groups (broad SMARTS) is 1. The van der Waals surface area contributed by atoms with Crippen molar-refractivity contribution < 1.29 is 27.5 Å². The van der Waals surface area contributed by atoms with Gasteiger partial charge in [-0.3, -0.25) is 4.79 Å². The predicted octanol–water partition coefficient (Wildman–Crippen LogP) is 4.83. The van der Waals surface area contributed by atoms with Crippen LogP contribution in [0.15, 0.2) is 30.3 Å². The third kappa shape index (κ3) is 3.84. The van der Waals surface area contributed by atoms with E-state index in [1.54, 1.807) is 19.1 Å². The van der Waals surface area contributed by atoms with Gasteiger partial charge in [0.1, 0.15) is 11.4 Å². The molecule has 0 unspecified atom stereocenters. The van der Waals surface area contributed by atoms with Crippen molar-refractivity contribution in [1.82, 2.24) is 0 Å². The zero-order chi connectivity index (χ0) is 18.1. The fraction of sp³-hybridized carbons (Fsp3) is 0.235. The van der Waals surface area contributed by atoms with Crippen LogP contribution in [0.25, 0.3) is 0 Å². The number of aryl methyl sites for hydroxylation is 2. The number of carboxylic acids is 1. The minimum absolute atomic E-state index is 0.123. The number of rotatable bonds is 4. The molecule has 2 aromatic rings. The molecule has 0 bridgehead atoms. The van der Waals surface area contributed by atoms with Crippen molar-refractivity contribution in [1.29, 1.82) is 0 Å². The Labute approximate surface area is 135 Å². The standard InChI is InChI=1S/C17H15F4NO2/c1-9-3-5-12(11(7-9)8-14(23)24)22-13-6-4-10(2)16(18)15(13)17(19,20)21/h3-7,22H,8H2,1-2H3,(H,23,24). The molecule has 0 fully saturated rings. The molecule has 0 aliphatic rings. The minimum atomic E-state index is -4.88. The Morgan fingerprint density at radius 2 is 1.75 bits per heavy atom. The van der Waals surface area contributed by atoms with Gasteiger partial charge in [0.2, 0.25) is 0 Å². The summed E-state index contributed by atoms with van der Waals surface area (Å²) < 4.78 is 53.6. The average Bonchev–Trinajstić information content (AvgIpc) is 2.43. The number of halogens is 4. The van der Waals surface area contributed by atoms with E-state index in [-0.39, 0.29) is 17.7 Å². The van der Waals surface area contributed by atoms with Crippen LogP contribution in [-0.2, 0) is 17.4 Å². The lowest BCUT2D eigenvalue weighted by atomic mass is 10.0. The largest absolute Gasteiger partial charge is 0.481 e. The highest BCUT2D eigenvalue weighted by Gasteiger charge is 2.37. The molecule has 0 heterocycles. The number of hydrogen-bond acceptors (Lipinski definition) is 2. The molecule has 7 heteroatoms. The second-order valence-corrected chi connectivity index (χ2v) is 5.47. The van der Waals surface area contributed by atoms with E-state index < -0.39 is 29.2 Å². The number of alkyl halides is 3. The second kappa shape index (κ2) is 6.51. The Morgan fingerprint density at radius 1 is 1.12 bits per heavy atom. The molecular weight excluding hydrogens is 326 g/mol. The molecule has 0 saturated heterocycles. The van der Waals surface area contributed by atoms with E-state index >= 15 is 0 Å². The number of benzene rings is 2. The van der Waals surface area contributed by atoms with Crippen molar-refractivity contribution in [2.45, 2.75) is 26.4 Å². The van der Waals surface area contributed by atoms with E-state index in [0.29, 0.717) is 5.56 Å². The van der Waals surface area contributed by atoms with Crippen molar-refractivity contribution in [2.24, 2.45) is 0 Å². The molecule has 0 spiro atoms.